The zero-order chi connectivity index (χ0) is 13.0. The summed E-state index contributed by atoms with van der Waals surface area (Å²) in [7, 11) is 3.84. The van der Waals surface area contributed by atoms with E-state index in [1.54, 1.807) is 0 Å². The normalized spacial score (nSPS) is 12.5. The van der Waals surface area contributed by atoms with Crippen LogP contribution in [0, 0.1) is 0 Å². The molecular weight excluding hydrogens is 286 g/mol. The van der Waals surface area contributed by atoms with Gasteiger partial charge in [-0.05, 0) is 43.0 Å². The van der Waals surface area contributed by atoms with Crippen molar-refractivity contribution in [1.29, 1.82) is 0 Å². The SMILES string of the molecule is CC(CN(C)C)OC(=O)c1cc(N)ncc1Br. The van der Waals surface area contributed by atoms with Crippen LogP contribution in [0.25, 0.3) is 0 Å². The molecule has 0 aliphatic heterocycles. The Labute approximate surface area is 109 Å². The molecule has 1 aromatic rings. The van der Waals surface area contributed by atoms with Crippen LogP contribution in [0.5, 0.6) is 0 Å². The van der Waals surface area contributed by atoms with E-state index in [1.807, 2.05) is 25.9 Å². The van der Waals surface area contributed by atoms with Gasteiger partial charge in [0.05, 0.1) is 10.0 Å². The molecule has 0 bridgehead atoms. The van der Waals surface area contributed by atoms with Gasteiger partial charge in [-0.15, -0.1) is 0 Å². The third-order valence-corrected chi connectivity index (χ3v) is 2.66. The van der Waals surface area contributed by atoms with E-state index in [0.29, 0.717) is 22.4 Å². The molecule has 0 saturated carbocycles. The summed E-state index contributed by atoms with van der Waals surface area (Å²) in [5.41, 5.74) is 5.92. The molecule has 94 valence electrons. The molecule has 0 radical (unpaired) electrons. The number of carbonyl (C=O) groups is 1. The van der Waals surface area contributed by atoms with Gasteiger partial charge in [-0.2, -0.15) is 0 Å². The van der Waals surface area contributed by atoms with Crippen LogP contribution in [0.3, 0.4) is 0 Å². The van der Waals surface area contributed by atoms with Gasteiger partial charge in [0.1, 0.15) is 11.9 Å². The van der Waals surface area contributed by atoms with Gasteiger partial charge in [0.15, 0.2) is 0 Å². The van der Waals surface area contributed by atoms with Crippen molar-refractivity contribution in [3.05, 3.63) is 22.3 Å². The Morgan fingerprint density at radius 3 is 2.88 bits per heavy atom. The highest BCUT2D eigenvalue weighted by Crippen LogP contribution is 2.18. The number of aromatic nitrogens is 1. The predicted octanol–water partition coefficient (Wildman–Crippen LogP) is 1.53. The van der Waals surface area contributed by atoms with Gasteiger partial charge in [-0.3, -0.25) is 0 Å². The van der Waals surface area contributed by atoms with Crippen LogP contribution in [0.15, 0.2) is 16.7 Å². The van der Waals surface area contributed by atoms with Crippen LogP contribution in [-0.2, 0) is 4.74 Å². The predicted molar refractivity (Wildman–Crippen MR) is 69.8 cm³/mol. The molecule has 5 nitrogen and oxygen atoms in total. The van der Waals surface area contributed by atoms with E-state index in [1.165, 1.54) is 12.3 Å². The number of esters is 1. The molecular formula is C11H16BrN3O2. The fraction of sp³-hybridized carbons (Fsp3) is 0.455. The average Bonchev–Trinajstić information content (AvgIpc) is 2.20. The molecule has 1 atom stereocenters. The zero-order valence-corrected chi connectivity index (χ0v) is 11.7. The monoisotopic (exact) mass is 301 g/mol. The minimum Gasteiger partial charge on any atom is -0.458 e. The van der Waals surface area contributed by atoms with Gasteiger partial charge in [-0.1, -0.05) is 0 Å². The van der Waals surface area contributed by atoms with Crippen molar-refractivity contribution in [1.82, 2.24) is 9.88 Å². The summed E-state index contributed by atoms with van der Waals surface area (Å²) in [6.45, 7) is 2.51. The van der Waals surface area contributed by atoms with Gasteiger partial charge in [-0.25, -0.2) is 9.78 Å². The lowest BCUT2D eigenvalue weighted by Gasteiger charge is -2.17. The van der Waals surface area contributed by atoms with E-state index in [2.05, 4.69) is 20.9 Å². The molecule has 1 heterocycles. The summed E-state index contributed by atoms with van der Waals surface area (Å²) in [6, 6.07) is 1.49. The number of likely N-dealkylation sites (N-methyl/N-ethyl adjacent to an activating group) is 1. The van der Waals surface area contributed by atoms with Crippen molar-refractivity contribution >= 4 is 27.7 Å². The first-order chi connectivity index (χ1) is 7.90. The quantitative estimate of drug-likeness (QED) is 0.854. The fourth-order valence-electron chi connectivity index (χ4n) is 1.41. The molecule has 0 aliphatic carbocycles. The maximum absolute atomic E-state index is 11.9. The van der Waals surface area contributed by atoms with E-state index in [4.69, 9.17) is 10.5 Å². The molecule has 1 aromatic heterocycles. The Balaban J connectivity index is 2.73. The second-order valence-electron chi connectivity index (χ2n) is 4.07. The van der Waals surface area contributed by atoms with Crippen molar-refractivity contribution < 1.29 is 9.53 Å². The van der Waals surface area contributed by atoms with Crippen LogP contribution in [0.4, 0.5) is 5.82 Å². The zero-order valence-electron chi connectivity index (χ0n) is 10.1. The number of ether oxygens (including phenoxy) is 1. The van der Waals surface area contributed by atoms with Crippen molar-refractivity contribution in [2.24, 2.45) is 0 Å². The molecule has 0 saturated heterocycles. The Bertz CT molecular complexity index is 410. The molecule has 1 unspecified atom stereocenters. The lowest BCUT2D eigenvalue weighted by molar-refractivity contribution is 0.0288. The molecule has 1 rings (SSSR count). The number of rotatable bonds is 4. The van der Waals surface area contributed by atoms with Crippen LogP contribution in [0.1, 0.15) is 17.3 Å². The number of hydrogen-bond donors (Lipinski definition) is 1. The van der Waals surface area contributed by atoms with E-state index in [-0.39, 0.29) is 6.10 Å². The molecule has 0 spiro atoms. The third kappa shape index (κ3) is 4.32. The summed E-state index contributed by atoms with van der Waals surface area (Å²) in [5, 5.41) is 0. The topological polar surface area (TPSA) is 68.5 Å². The van der Waals surface area contributed by atoms with E-state index >= 15 is 0 Å². The van der Waals surface area contributed by atoms with Gasteiger partial charge in [0.25, 0.3) is 0 Å². The minimum absolute atomic E-state index is 0.182. The number of hydrogen-bond acceptors (Lipinski definition) is 5. The molecule has 0 aromatic carbocycles. The molecule has 0 fully saturated rings. The molecule has 17 heavy (non-hydrogen) atoms. The summed E-state index contributed by atoms with van der Waals surface area (Å²) < 4.78 is 5.87. The van der Waals surface area contributed by atoms with Crippen molar-refractivity contribution in [3.8, 4) is 0 Å². The highest BCUT2D eigenvalue weighted by Gasteiger charge is 2.16. The average molecular weight is 302 g/mol. The standard InChI is InChI=1S/C11H16BrN3O2/c1-7(6-15(2)3)17-11(16)8-4-10(13)14-5-9(8)12/h4-5,7H,6H2,1-3H3,(H2,13,14). The summed E-state index contributed by atoms with van der Waals surface area (Å²) >= 11 is 3.24. The largest absolute Gasteiger partial charge is 0.458 e. The highest BCUT2D eigenvalue weighted by molar-refractivity contribution is 9.10. The third-order valence-electron chi connectivity index (χ3n) is 2.03. The van der Waals surface area contributed by atoms with Crippen LogP contribution in [-0.4, -0.2) is 42.6 Å². The number of carbonyl (C=O) groups excluding carboxylic acids is 1. The number of nitrogens with two attached hydrogens (primary N) is 1. The lowest BCUT2D eigenvalue weighted by atomic mass is 10.2. The van der Waals surface area contributed by atoms with Crippen LogP contribution in [0.2, 0.25) is 0 Å². The summed E-state index contributed by atoms with van der Waals surface area (Å²) in [4.78, 5) is 17.7. The number of nitrogens with zero attached hydrogens (tertiary/aromatic N) is 2. The van der Waals surface area contributed by atoms with Crippen molar-refractivity contribution in [2.45, 2.75) is 13.0 Å². The fourth-order valence-corrected chi connectivity index (χ4v) is 1.79. The minimum atomic E-state index is -0.402. The molecule has 0 amide bonds. The summed E-state index contributed by atoms with van der Waals surface area (Å²) in [5.74, 6) is -0.110. The maximum Gasteiger partial charge on any atom is 0.339 e. The lowest BCUT2D eigenvalue weighted by Crippen LogP contribution is -2.28. The second kappa shape index (κ2) is 5.97. The van der Waals surface area contributed by atoms with Crippen LogP contribution >= 0.6 is 15.9 Å². The van der Waals surface area contributed by atoms with Crippen LogP contribution < -0.4 is 5.73 Å². The molecule has 2 N–H and O–H groups in total. The highest BCUT2D eigenvalue weighted by atomic mass is 79.9. The van der Waals surface area contributed by atoms with E-state index in [0.717, 1.165) is 0 Å². The van der Waals surface area contributed by atoms with Gasteiger partial charge < -0.3 is 15.4 Å². The van der Waals surface area contributed by atoms with E-state index in [9.17, 15) is 4.79 Å². The van der Waals surface area contributed by atoms with Crippen molar-refractivity contribution in [3.63, 3.8) is 0 Å². The Kier molecular flexibility index (Phi) is 4.89. The Morgan fingerprint density at radius 2 is 2.29 bits per heavy atom. The van der Waals surface area contributed by atoms with E-state index < -0.39 is 5.97 Å². The molecule has 0 aliphatic rings. The number of pyridine rings is 1. The summed E-state index contributed by atoms with van der Waals surface area (Å²) in [6.07, 6.45) is 1.31. The molecule has 6 heteroatoms. The first kappa shape index (κ1) is 13.9. The number of nitrogen functional groups attached to an aromatic ring is 1. The second-order valence-corrected chi connectivity index (χ2v) is 4.92. The number of anilines is 1. The van der Waals surface area contributed by atoms with Gasteiger partial charge in [0.2, 0.25) is 0 Å². The Hall–Kier alpha value is -1.14. The number of halogens is 1. The first-order valence-corrected chi connectivity index (χ1v) is 5.96. The Morgan fingerprint density at radius 1 is 1.65 bits per heavy atom. The first-order valence-electron chi connectivity index (χ1n) is 5.17. The maximum atomic E-state index is 11.9. The van der Waals surface area contributed by atoms with Gasteiger partial charge >= 0.3 is 5.97 Å². The van der Waals surface area contributed by atoms with Crippen molar-refractivity contribution in [2.75, 3.05) is 26.4 Å². The smallest absolute Gasteiger partial charge is 0.339 e. The van der Waals surface area contributed by atoms with Gasteiger partial charge in [0, 0.05) is 12.7 Å².